The fraction of sp³-hybridized carbons (Fsp3) is 0.208. The van der Waals surface area contributed by atoms with Gasteiger partial charge in [0.25, 0.3) is 10.0 Å². The number of nitrogens with zero attached hydrogens (tertiary/aromatic N) is 1. The number of halogens is 1. The van der Waals surface area contributed by atoms with Gasteiger partial charge in [0.05, 0.1) is 16.6 Å². The topological polar surface area (TPSA) is 66.5 Å². The third kappa shape index (κ3) is 5.46. The first-order valence-corrected chi connectivity index (χ1v) is 11.7. The van der Waals surface area contributed by atoms with E-state index in [1.54, 1.807) is 42.5 Å². The van der Waals surface area contributed by atoms with Crippen molar-refractivity contribution in [1.82, 2.24) is 5.32 Å². The van der Waals surface area contributed by atoms with Gasteiger partial charge >= 0.3 is 0 Å². The maximum absolute atomic E-state index is 13.3. The normalized spacial score (nSPS) is 12.3. The number of hydrogen-bond donors (Lipinski definition) is 1. The average Bonchev–Trinajstić information content (AvgIpc) is 2.75. The summed E-state index contributed by atoms with van der Waals surface area (Å²) in [4.78, 5) is 13.0. The van der Waals surface area contributed by atoms with Crippen LogP contribution in [0.5, 0.6) is 0 Å². The van der Waals surface area contributed by atoms with Crippen molar-refractivity contribution in [2.45, 2.75) is 31.7 Å². The molecule has 31 heavy (non-hydrogen) atoms. The minimum atomic E-state index is -3.95. The van der Waals surface area contributed by atoms with Crippen LogP contribution in [-0.4, -0.2) is 20.9 Å². The summed E-state index contributed by atoms with van der Waals surface area (Å²) in [5.41, 5.74) is 3.63. The van der Waals surface area contributed by atoms with Gasteiger partial charge in [0.1, 0.15) is 6.54 Å². The minimum absolute atomic E-state index is 0.111. The van der Waals surface area contributed by atoms with Crippen LogP contribution in [0.2, 0.25) is 5.02 Å². The number of nitrogens with one attached hydrogen (secondary N) is 1. The molecule has 1 N–H and O–H groups in total. The Morgan fingerprint density at radius 3 is 2.23 bits per heavy atom. The van der Waals surface area contributed by atoms with Crippen molar-refractivity contribution in [1.29, 1.82) is 0 Å². The summed E-state index contributed by atoms with van der Waals surface area (Å²) in [6.45, 7) is 5.57. The zero-order chi connectivity index (χ0) is 22.6. The van der Waals surface area contributed by atoms with Crippen molar-refractivity contribution in [2.24, 2.45) is 0 Å². The SMILES string of the molecule is Cc1ccc(C(C)NC(=O)CN(c2ccc(Cl)cc2)S(=O)(=O)c2ccccc2)cc1C. The maximum atomic E-state index is 13.3. The fourth-order valence-corrected chi connectivity index (χ4v) is 4.74. The summed E-state index contributed by atoms with van der Waals surface area (Å²) in [7, 11) is -3.95. The van der Waals surface area contributed by atoms with Crippen LogP contribution in [0.4, 0.5) is 5.69 Å². The molecule has 3 rings (SSSR count). The Bertz CT molecular complexity index is 1160. The molecular weight excluding hydrogens is 432 g/mol. The monoisotopic (exact) mass is 456 g/mol. The molecule has 0 spiro atoms. The van der Waals surface area contributed by atoms with E-state index in [1.165, 1.54) is 17.7 Å². The number of aryl methyl sites for hydroxylation is 2. The molecule has 0 heterocycles. The van der Waals surface area contributed by atoms with E-state index in [2.05, 4.69) is 5.32 Å². The van der Waals surface area contributed by atoms with Crippen molar-refractivity contribution in [2.75, 3.05) is 10.8 Å². The number of carbonyl (C=O) groups is 1. The van der Waals surface area contributed by atoms with Crippen LogP contribution in [0.1, 0.15) is 29.7 Å². The maximum Gasteiger partial charge on any atom is 0.264 e. The van der Waals surface area contributed by atoms with Crippen LogP contribution >= 0.6 is 11.6 Å². The van der Waals surface area contributed by atoms with E-state index in [0.29, 0.717) is 10.7 Å². The van der Waals surface area contributed by atoms with Crippen molar-refractivity contribution in [3.8, 4) is 0 Å². The van der Waals surface area contributed by atoms with Gasteiger partial charge in [0.15, 0.2) is 0 Å². The molecule has 0 bridgehead atoms. The van der Waals surface area contributed by atoms with E-state index in [9.17, 15) is 13.2 Å². The molecule has 3 aromatic carbocycles. The molecule has 0 radical (unpaired) electrons. The second kappa shape index (κ2) is 9.54. The number of rotatable bonds is 7. The molecule has 0 aliphatic heterocycles. The van der Waals surface area contributed by atoms with Crippen molar-refractivity contribution >= 4 is 33.2 Å². The summed E-state index contributed by atoms with van der Waals surface area (Å²) in [5.74, 6) is -0.403. The highest BCUT2D eigenvalue weighted by atomic mass is 35.5. The Morgan fingerprint density at radius 2 is 1.61 bits per heavy atom. The van der Waals surface area contributed by atoms with Gasteiger partial charge in [-0.2, -0.15) is 0 Å². The molecule has 0 saturated carbocycles. The summed E-state index contributed by atoms with van der Waals surface area (Å²) < 4.78 is 27.7. The third-order valence-electron chi connectivity index (χ3n) is 5.14. The molecule has 1 unspecified atom stereocenters. The lowest BCUT2D eigenvalue weighted by Crippen LogP contribution is -2.41. The van der Waals surface area contributed by atoms with E-state index >= 15 is 0 Å². The van der Waals surface area contributed by atoms with Gasteiger partial charge in [-0.25, -0.2) is 8.42 Å². The van der Waals surface area contributed by atoms with E-state index in [0.717, 1.165) is 15.4 Å². The van der Waals surface area contributed by atoms with Crippen LogP contribution in [0.15, 0.2) is 77.7 Å². The number of carbonyl (C=O) groups excluding carboxylic acids is 1. The van der Waals surface area contributed by atoms with Crippen LogP contribution in [0, 0.1) is 13.8 Å². The van der Waals surface area contributed by atoms with Gasteiger partial charge in [-0.05, 0) is 73.9 Å². The standard InChI is InChI=1S/C24H25ClN2O3S/c1-17-9-10-20(15-18(17)2)19(3)26-24(28)16-27(22-13-11-21(25)12-14-22)31(29,30)23-7-5-4-6-8-23/h4-15,19H,16H2,1-3H3,(H,26,28). The average molecular weight is 457 g/mol. The van der Waals surface area contributed by atoms with Crippen LogP contribution < -0.4 is 9.62 Å². The highest BCUT2D eigenvalue weighted by Crippen LogP contribution is 2.25. The number of benzene rings is 3. The molecule has 0 aliphatic rings. The summed E-state index contributed by atoms with van der Waals surface area (Å²) in [6, 6.07) is 20.1. The molecule has 0 fully saturated rings. The van der Waals surface area contributed by atoms with Crippen LogP contribution in [0.25, 0.3) is 0 Å². The van der Waals surface area contributed by atoms with E-state index in [-0.39, 0.29) is 17.5 Å². The number of hydrogen-bond acceptors (Lipinski definition) is 3. The van der Waals surface area contributed by atoms with Gasteiger partial charge < -0.3 is 5.32 Å². The molecule has 0 aliphatic carbocycles. The first kappa shape index (κ1) is 22.8. The molecule has 162 valence electrons. The Kier molecular flexibility index (Phi) is 7.03. The first-order chi connectivity index (χ1) is 14.7. The molecule has 0 aromatic heterocycles. The quantitative estimate of drug-likeness (QED) is 0.542. The zero-order valence-electron chi connectivity index (χ0n) is 17.7. The summed E-state index contributed by atoms with van der Waals surface area (Å²) in [6.07, 6.45) is 0. The predicted molar refractivity (Wildman–Crippen MR) is 125 cm³/mol. The first-order valence-electron chi connectivity index (χ1n) is 9.88. The Hall–Kier alpha value is -2.83. The summed E-state index contributed by atoms with van der Waals surface area (Å²) >= 11 is 5.97. The molecule has 1 atom stereocenters. The minimum Gasteiger partial charge on any atom is -0.348 e. The van der Waals surface area contributed by atoms with Gasteiger partial charge in [0.2, 0.25) is 5.91 Å². The molecule has 1 amide bonds. The smallest absolute Gasteiger partial charge is 0.264 e. The van der Waals surface area contributed by atoms with Crippen LogP contribution in [0.3, 0.4) is 0 Å². The number of amides is 1. The van der Waals surface area contributed by atoms with Crippen molar-refractivity contribution in [3.63, 3.8) is 0 Å². The van der Waals surface area contributed by atoms with Gasteiger partial charge in [-0.15, -0.1) is 0 Å². The third-order valence-corrected chi connectivity index (χ3v) is 7.18. The van der Waals surface area contributed by atoms with E-state index < -0.39 is 15.9 Å². The van der Waals surface area contributed by atoms with Gasteiger partial charge in [-0.1, -0.05) is 48.0 Å². The Balaban J connectivity index is 1.87. The highest BCUT2D eigenvalue weighted by molar-refractivity contribution is 7.92. The number of sulfonamides is 1. The van der Waals surface area contributed by atoms with E-state index in [4.69, 9.17) is 11.6 Å². The van der Waals surface area contributed by atoms with Gasteiger partial charge in [0, 0.05) is 5.02 Å². The van der Waals surface area contributed by atoms with Crippen LogP contribution in [-0.2, 0) is 14.8 Å². The predicted octanol–water partition coefficient (Wildman–Crippen LogP) is 5.03. The molecule has 3 aromatic rings. The van der Waals surface area contributed by atoms with Gasteiger partial charge in [-0.3, -0.25) is 9.10 Å². The van der Waals surface area contributed by atoms with Crippen molar-refractivity contribution < 1.29 is 13.2 Å². The molecule has 0 saturated heterocycles. The second-order valence-electron chi connectivity index (χ2n) is 7.43. The van der Waals surface area contributed by atoms with E-state index in [1.807, 2.05) is 39.0 Å². The Morgan fingerprint density at radius 1 is 0.968 bits per heavy atom. The largest absolute Gasteiger partial charge is 0.348 e. The second-order valence-corrected chi connectivity index (χ2v) is 9.73. The molecule has 7 heteroatoms. The fourth-order valence-electron chi connectivity index (χ4n) is 3.18. The highest BCUT2D eigenvalue weighted by Gasteiger charge is 2.27. The summed E-state index contributed by atoms with van der Waals surface area (Å²) in [5, 5.41) is 3.39. The molecular formula is C24H25ClN2O3S. The Labute approximate surface area is 188 Å². The lowest BCUT2D eigenvalue weighted by Gasteiger charge is -2.25. The molecule has 5 nitrogen and oxygen atoms in total. The lowest BCUT2D eigenvalue weighted by atomic mass is 10.0. The zero-order valence-corrected chi connectivity index (χ0v) is 19.2. The van der Waals surface area contributed by atoms with Crippen molar-refractivity contribution in [3.05, 3.63) is 94.5 Å². The lowest BCUT2D eigenvalue weighted by molar-refractivity contribution is -0.120. The number of anilines is 1.